The molecule has 0 atom stereocenters. The summed E-state index contributed by atoms with van der Waals surface area (Å²) in [6, 6.07) is 17.4. The Morgan fingerprint density at radius 1 is 0.846 bits per heavy atom. The van der Waals surface area contributed by atoms with Gasteiger partial charge in [0.05, 0.1) is 18.2 Å². The van der Waals surface area contributed by atoms with Gasteiger partial charge in [0.15, 0.2) is 5.82 Å². The Labute approximate surface area is 154 Å². The molecule has 1 heterocycles. The van der Waals surface area contributed by atoms with Crippen molar-refractivity contribution in [3.63, 3.8) is 0 Å². The van der Waals surface area contributed by atoms with Gasteiger partial charge in [-0.15, -0.1) is 0 Å². The first kappa shape index (κ1) is 17.6. The van der Waals surface area contributed by atoms with Gasteiger partial charge in [0.25, 0.3) is 0 Å². The fourth-order valence-electron chi connectivity index (χ4n) is 2.61. The molecule has 0 aliphatic carbocycles. The zero-order chi connectivity index (χ0) is 18.2. The predicted octanol–water partition coefficient (Wildman–Crippen LogP) is 5.25. The van der Waals surface area contributed by atoms with Gasteiger partial charge in [-0.3, -0.25) is 0 Å². The van der Waals surface area contributed by atoms with Crippen LogP contribution in [0.15, 0.2) is 60.9 Å². The number of nitriles is 1. The highest BCUT2D eigenvalue weighted by atomic mass is 16.5. The minimum atomic E-state index is 0.627. The van der Waals surface area contributed by atoms with Crippen molar-refractivity contribution in [2.75, 3.05) is 6.61 Å². The fraction of sp³-hybridized carbons (Fsp3) is 0.227. The van der Waals surface area contributed by atoms with Gasteiger partial charge in [-0.05, 0) is 48.4 Å². The molecule has 0 saturated heterocycles. The fourth-order valence-corrected chi connectivity index (χ4v) is 2.61. The van der Waals surface area contributed by atoms with Crippen molar-refractivity contribution < 1.29 is 4.74 Å². The first-order valence-electron chi connectivity index (χ1n) is 8.86. The van der Waals surface area contributed by atoms with E-state index in [1.54, 1.807) is 12.1 Å². The van der Waals surface area contributed by atoms with Gasteiger partial charge in [0.1, 0.15) is 5.75 Å². The highest BCUT2D eigenvalue weighted by Crippen LogP contribution is 2.23. The molecule has 3 rings (SSSR count). The first-order chi connectivity index (χ1) is 12.8. The molecule has 0 spiro atoms. The molecule has 0 aliphatic heterocycles. The Bertz CT molecular complexity index is 863. The summed E-state index contributed by atoms with van der Waals surface area (Å²) in [6.07, 6.45) is 7.11. The Kier molecular flexibility index (Phi) is 5.95. The maximum atomic E-state index is 8.86. The molecule has 3 aromatic rings. The molecule has 0 saturated carbocycles. The van der Waals surface area contributed by atoms with Crippen molar-refractivity contribution in [2.45, 2.75) is 26.2 Å². The Morgan fingerprint density at radius 3 is 2.12 bits per heavy atom. The molecular formula is C22H21N3O. The lowest BCUT2D eigenvalue weighted by Crippen LogP contribution is -1.96. The lowest BCUT2D eigenvalue weighted by atomic mass is 10.1. The largest absolute Gasteiger partial charge is 0.494 e. The normalized spacial score (nSPS) is 10.3. The molecule has 1 aromatic heterocycles. The van der Waals surface area contributed by atoms with Crippen molar-refractivity contribution in [1.29, 1.82) is 5.26 Å². The molecule has 2 aromatic carbocycles. The number of rotatable bonds is 7. The van der Waals surface area contributed by atoms with Crippen molar-refractivity contribution in [2.24, 2.45) is 0 Å². The van der Waals surface area contributed by atoms with Gasteiger partial charge in [0.2, 0.25) is 0 Å². The molecule has 0 radical (unpaired) electrons. The van der Waals surface area contributed by atoms with E-state index in [4.69, 9.17) is 10.00 Å². The summed E-state index contributed by atoms with van der Waals surface area (Å²) in [7, 11) is 0. The maximum Gasteiger partial charge on any atom is 0.159 e. The summed E-state index contributed by atoms with van der Waals surface area (Å²) in [6.45, 7) is 2.94. The van der Waals surface area contributed by atoms with Crippen LogP contribution in [0.25, 0.3) is 22.5 Å². The van der Waals surface area contributed by atoms with Gasteiger partial charge >= 0.3 is 0 Å². The zero-order valence-corrected chi connectivity index (χ0v) is 14.9. The Balaban J connectivity index is 1.67. The topological polar surface area (TPSA) is 58.8 Å². The van der Waals surface area contributed by atoms with Crippen molar-refractivity contribution >= 4 is 0 Å². The molecule has 4 heteroatoms. The molecule has 0 bridgehead atoms. The monoisotopic (exact) mass is 343 g/mol. The summed E-state index contributed by atoms with van der Waals surface area (Å²) in [5, 5.41) is 8.86. The number of hydrogen-bond acceptors (Lipinski definition) is 4. The van der Waals surface area contributed by atoms with Gasteiger partial charge in [0, 0.05) is 23.5 Å². The van der Waals surface area contributed by atoms with E-state index in [1.165, 1.54) is 12.8 Å². The SMILES string of the molecule is CCCCCOc1ccc(-c2cnc(-c3ccc(C#N)cc3)nc2)cc1. The molecule has 0 unspecified atom stereocenters. The lowest BCUT2D eigenvalue weighted by molar-refractivity contribution is 0.306. The third-order valence-corrected chi connectivity index (χ3v) is 4.13. The van der Waals surface area contributed by atoms with Crippen LogP contribution in [0.4, 0.5) is 0 Å². The Hall–Kier alpha value is -3.19. The third kappa shape index (κ3) is 4.46. The first-order valence-corrected chi connectivity index (χ1v) is 8.86. The van der Waals surface area contributed by atoms with E-state index in [0.717, 1.165) is 35.5 Å². The summed E-state index contributed by atoms with van der Waals surface area (Å²) < 4.78 is 5.74. The van der Waals surface area contributed by atoms with Crippen LogP contribution in [0, 0.1) is 11.3 Å². The standard InChI is InChI=1S/C22H21N3O/c1-2-3-4-13-26-21-11-9-18(10-12-21)20-15-24-22(25-16-20)19-7-5-17(14-23)6-8-19/h5-12,15-16H,2-4,13H2,1H3. The van der Waals surface area contributed by atoms with Crippen molar-refractivity contribution in [3.8, 4) is 34.3 Å². The smallest absolute Gasteiger partial charge is 0.159 e. The average Bonchev–Trinajstić information content (AvgIpc) is 2.72. The number of hydrogen-bond donors (Lipinski definition) is 0. The second-order valence-electron chi connectivity index (χ2n) is 6.06. The van der Waals surface area contributed by atoms with Gasteiger partial charge in [-0.1, -0.05) is 31.9 Å². The number of benzene rings is 2. The minimum Gasteiger partial charge on any atom is -0.494 e. The van der Waals surface area contributed by atoms with Gasteiger partial charge in [-0.25, -0.2) is 9.97 Å². The van der Waals surface area contributed by atoms with Crippen LogP contribution in [0.3, 0.4) is 0 Å². The zero-order valence-electron chi connectivity index (χ0n) is 14.9. The van der Waals surface area contributed by atoms with Gasteiger partial charge in [-0.2, -0.15) is 5.26 Å². The van der Waals surface area contributed by atoms with Crippen LogP contribution in [-0.4, -0.2) is 16.6 Å². The molecule has 0 amide bonds. The Morgan fingerprint density at radius 2 is 1.50 bits per heavy atom. The molecule has 130 valence electrons. The third-order valence-electron chi connectivity index (χ3n) is 4.13. The van der Waals surface area contributed by atoms with E-state index in [9.17, 15) is 0 Å². The van der Waals surface area contributed by atoms with E-state index in [-0.39, 0.29) is 0 Å². The molecule has 0 aliphatic rings. The average molecular weight is 343 g/mol. The molecular weight excluding hydrogens is 322 g/mol. The highest BCUT2D eigenvalue weighted by Gasteiger charge is 2.04. The summed E-state index contributed by atoms with van der Waals surface area (Å²) >= 11 is 0. The van der Waals surface area contributed by atoms with E-state index in [1.807, 2.05) is 48.8 Å². The van der Waals surface area contributed by atoms with Crippen LogP contribution in [0.1, 0.15) is 31.7 Å². The van der Waals surface area contributed by atoms with Crippen LogP contribution in [-0.2, 0) is 0 Å². The number of aromatic nitrogens is 2. The number of unbranched alkanes of at least 4 members (excludes halogenated alkanes) is 2. The van der Waals surface area contributed by atoms with Crippen LogP contribution in [0.2, 0.25) is 0 Å². The number of nitrogens with zero attached hydrogens (tertiary/aromatic N) is 3. The lowest BCUT2D eigenvalue weighted by Gasteiger charge is -2.07. The summed E-state index contributed by atoms with van der Waals surface area (Å²) in [5.41, 5.74) is 3.53. The number of ether oxygens (including phenoxy) is 1. The molecule has 0 N–H and O–H groups in total. The maximum absolute atomic E-state index is 8.86. The van der Waals surface area contributed by atoms with Gasteiger partial charge < -0.3 is 4.74 Å². The quantitative estimate of drug-likeness (QED) is 0.550. The van der Waals surface area contributed by atoms with E-state index >= 15 is 0 Å². The van der Waals surface area contributed by atoms with Crippen LogP contribution in [0.5, 0.6) is 5.75 Å². The summed E-state index contributed by atoms with van der Waals surface area (Å²) in [4.78, 5) is 8.90. The van der Waals surface area contributed by atoms with Crippen LogP contribution < -0.4 is 4.74 Å². The molecule has 26 heavy (non-hydrogen) atoms. The highest BCUT2D eigenvalue weighted by molar-refractivity contribution is 5.64. The van der Waals surface area contributed by atoms with Crippen molar-refractivity contribution in [3.05, 3.63) is 66.5 Å². The predicted molar refractivity (Wildman–Crippen MR) is 103 cm³/mol. The van der Waals surface area contributed by atoms with E-state index in [2.05, 4.69) is 23.0 Å². The summed E-state index contributed by atoms with van der Waals surface area (Å²) in [5.74, 6) is 1.54. The molecule has 4 nitrogen and oxygen atoms in total. The minimum absolute atomic E-state index is 0.627. The van der Waals surface area contributed by atoms with Crippen LogP contribution >= 0.6 is 0 Å². The second kappa shape index (κ2) is 8.77. The van der Waals surface area contributed by atoms with E-state index in [0.29, 0.717) is 11.4 Å². The van der Waals surface area contributed by atoms with Crippen molar-refractivity contribution in [1.82, 2.24) is 9.97 Å². The molecule has 0 fully saturated rings. The van der Waals surface area contributed by atoms with E-state index < -0.39 is 0 Å². The second-order valence-corrected chi connectivity index (χ2v) is 6.06.